The lowest BCUT2D eigenvalue weighted by Crippen LogP contribution is -3.17. The number of hydroxylamine groups is 2. The van der Waals surface area contributed by atoms with Gasteiger partial charge in [0.25, 0.3) is 0 Å². The normalized spacial score (nSPS) is 40.3. The van der Waals surface area contributed by atoms with Gasteiger partial charge in [-0.25, -0.2) is 0 Å². The molecule has 0 radical (unpaired) electrons. The SMILES string of the molecule is CSC1CC[NH+]1[O-]. The van der Waals surface area contributed by atoms with Crippen LogP contribution in [0.2, 0.25) is 0 Å². The second-order valence-corrected chi connectivity index (χ2v) is 2.77. The zero-order valence-corrected chi connectivity index (χ0v) is 5.12. The number of quaternary nitrogens is 1. The summed E-state index contributed by atoms with van der Waals surface area (Å²) in [6.45, 7) is 0.825. The smallest absolute Gasteiger partial charge is 0.139 e. The van der Waals surface area contributed by atoms with Gasteiger partial charge in [-0.2, -0.15) is 0 Å². The number of hydrogen-bond donors (Lipinski definition) is 1. The van der Waals surface area contributed by atoms with E-state index >= 15 is 0 Å². The van der Waals surface area contributed by atoms with Gasteiger partial charge in [0, 0.05) is 0 Å². The lowest BCUT2D eigenvalue weighted by molar-refractivity contribution is -0.901. The summed E-state index contributed by atoms with van der Waals surface area (Å²) in [5.41, 5.74) is 0. The van der Waals surface area contributed by atoms with Gasteiger partial charge in [-0.05, 0) is 6.26 Å². The summed E-state index contributed by atoms with van der Waals surface area (Å²) in [5.74, 6) is 0. The maximum Gasteiger partial charge on any atom is 0.139 e. The first-order chi connectivity index (χ1) is 3.34. The Labute approximate surface area is 47.5 Å². The van der Waals surface area contributed by atoms with Gasteiger partial charge in [-0.15, -0.1) is 11.8 Å². The van der Waals surface area contributed by atoms with Crippen LogP contribution in [-0.4, -0.2) is 18.2 Å². The molecule has 0 amide bonds. The van der Waals surface area contributed by atoms with E-state index in [0.717, 1.165) is 13.0 Å². The van der Waals surface area contributed by atoms with Crippen molar-refractivity contribution in [3.63, 3.8) is 0 Å². The van der Waals surface area contributed by atoms with E-state index in [9.17, 15) is 5.21 Å². The van der Waals surface area contributed by atoms with Gasteiger partial charge >= 0.3 is 0 Å². The van der Waals surface area contributed by atoms with Crippen LogP contribution >= 0.6 is 11.8 Å². The van der Waals surface area contributed by atoms with Crippen molar-refractivity contribution < 1.29 is 5.06 Å². The molecule has 0 spiro atoms. The van der Waals surface area contributed by atoms with Crippen LogP contribution in [0, 0.1) is 5.21 Å². The van der Waals surface area contributed by atoms with E-state index in [1.165, 1.54) is 0 Å². The molecule has 1 fully saturated rings. The molecular formula is C4H9NOS. The van der Waals surface area contributed by atoms with E-state index in [2.05, 4.69) is 0 Å². The molecule has 0 aromatic heterocycles. The maximum atomic E-state index is 10.4. The number of rotatable bonds is 1. The monoisotopic (exact) mass is 119 g/mol. The highest BCUT2D eigenvalue weighted by Crippen LogP contribution is 2.07. The zero-order valence-electron chi connectivity index (χ0n) is 4.31. The molecule has 1 rings (SSSR count). The van der Waals surface area contributed by atoms with Crippen LogP contribution in [-0.2, 0) is 0 Å². The lowest BCUT2D eigenvalue weighted by atomic mass is 10.3. The predicted octanol–water partition coefficient (Wildman–Crippen LogP) is -0.538. The maximum absolute atomic E-state index is 10.4. The van der Waals surface area contributed by atoms with Crippen molar-refractivity contribution in [3.8, 4) is 0 Å². The number of thioether (sulfide) groups is 1. The molecule has 7 heavy (non-hydrogen) atoms. The first-order valence-electron chi connectivity index (χ1n) is 2.40. The van der Waals surface area contributed by atoms with Crippen molar-refractivity contribution in [3.05, 3.63) is 5.21 Å². The predicted molar refractivity (Wildman–Crippen MR) is 31.1 cm³/mol. The van der Waals surface area contributed by atoms with Gasteiger partial charge in [0.15, 0.2) is 0 Å². The fourth-order valence-corrected chi connectivity index (χ4v) is 1.36. The number of nitrogens with one attached hydrogen (secondary N) is 1. The molecule has 2 unspecified atom stereocenters. The van der Waals surface area contributed by atoms with Crippen LogP contribution in [0.25, 0.3) is 0 Å². The van der Waals surface area contributed by atoms with Crippen molar-refractivity contribution in [2.24, 2.45) is 0 Å². The van der Waals surface area contributed by atoms with E-state index in [4.69, 9.17) is 0 Å². The molecule has 1 saturated heterocycles. The van der Waals surface area contributed by atoms with Crippen molar-refractivity contribution >= 4 is 11.8 Å². The van der Waals surface area contributed by atoms with Crippen molar-refractivity contribution in [2.45, 2.75) is 11.8 Å². The molecule has 0 saturated carbocycles. The largest absolute Gasteiger partial charge is 0.633 e. The molecule has 0 aromatic carbocycles. The molecule has 0 bridgehead atoms. The minimum Gasteiger partial charge on any atom is -0.633 e. The first kappa shape index (κ1) is 5.41. The topological polar surface area (TPSA) is 27.5 Å². The molecule has 42 valence electrons. The fraction of sp³-hybridized carbons (Fsp3) is 1.00. The third kappa shape index (κ3) is 0.900. The van der Waals surface area contributed by atoms with Gasteiger partial charge in [-0.3, -0.25) is 0 Å². The van der Waals surface area contributed by atoms with E-state index in [-0.39, 0.29) is 0 Å². The number of hydrogen-bond acceptors (Lipinski definition) is 2. The van der Waals surface area contributed by atoms with Crippen LogP contribution in [0.5, 0.6) is 0 Å². The Morgan fingerprint density at radius 1 is 1.86 bits per heavy atom. The highest BCUT2D eigenvalue weighted by atomic mass is 32.2. The average molecular weight is 119 g/mol. The van der Waals surface area contributed by atoms with Crippen LogP contribution < -0.4 is 5.06 Å². The van der Waals surface area contributed by atoms with Gasteiger partial charge < -0.3 is 10.3 Å². The Bertz CT molecular complexity index is 66.7. The Morgan fingerprint density at radius 2 is 2.57 bits per heavy atom. The van der Waals surface area contributed by atoms with Gasteiger partial charge in [-0.1, -0.05) is 0 Å². The summed E-state index contributed by atoms with van der Waals surface area (Å²) in [6.07, 6.45) is 3.10. The minimum absolute atomic E-state index is 0.361. The molecule has 3 heteroatoms. The van der Waals surface area contributed by atoms with Crippen molar-refractivity contribution in [2.75, 3.05) is 12.8 Å². The Hall–Kier alpha value is 0.270. The van der Waals surface area contributed by atoms with Crippen molar-refractivity contribution in [1.29, 1.82) is 0 Å². The summed E-state index contributed by atoms with van der Waals surface area (Å²) in [4.78, 5) is 0. The van der Waals surface area contributed by atoms with Crippen LogP contribution in [0.4, 0.5) is 0 Å². The second-order valence-electron chi connectivity index (χ2n) is 1.73. The van der Waals surface area contributed by atoms with E-state index in [1.807, 2.05) is 6.26 Å². The summed E-state index contributed by atoms with van der Waals surface area (Å²) in [7, 11) is 0. The summed E-state index contributed by atoms with van der Waals surface area (Å²) in [6, 6.07) is 0. The minimum atomic E-state index is 0.361. The Kier molecular flexibility index (Phi) is 1.57. The van der Waals surface area contributed by atoms with Crippen LogP contribution in [0.1, 0.15) is 6.42 Å². The van der Waals surface area contributed by atoms with Gasteiger partial charge in [0.1, 0.15) is 5.37 Å². The highest BCUT2D eigenvalue weighted by molar-refractivity contribution is 7.99. The Balaban J connectivity index is 2.16. The van der Waals surface area contributed by atoms with Gasteiger partial charge in [0.2, 0.25) is 0 Å². The fourth-order valence-electron chi connectivity index (χ4n) is 0.629. The second kappa shape index (κ2) is 2.03. The van der Waals surface area contributed by atoms with Crippen LogP contribution in [0.15, 0.2) is 0 Å². The van der Waals surface area contributed by atoms with E-state index < -0.39 is 0 Å². The lowest BCUT2D eigenvalue weighted by Gasteiger charge is -2.38. The van der Waals surface area contributed by atoms with E-state index in [0.29, 0.717) is 10.4 Å². The molecule has 1 N–H and O–H groups in total. The van der Waals surface area contributed by atoms with Crippen LogP contribution in [0.3, 0.4) is 0 Å². The highest BCUT2D eigenvalue weighted by Gasteiger charge is 2.24. The van der Waals surface area contributed by atoms with E-state index in [1.54, 1.807) is 11.8 Å². The zero-order chi connectivity index (χ0) is 5.28. The average Bonchev–Trinajstić information content (AvgIpc) is 1.65. The molecule has 2 atom stereocenters. The third-order valence-corrected chi connectivity index (χ3v) is 2.36. The quantitative estimate of drug-likeness (QED) is 0.469. The molecule has 1 heterocycles. The summed E-state index contributed by atoms with van der Waals surface area (Å²) < 4.78 is 0. The molecule has 0 aromatic rings. The molecule has 0 aliphatic carbocycles. The summed E-state index contributed by atoms with van der Waals surface area (Å²) in [5, 5.41) is 11.2. The first-order valence-corrected chi connectivity index (χ1v) is 3.69. The standard InChI is InChI=1S/C4H9NOS/c1-7-4-2-3-5(4)6/h4-5H,2-3H2,1H3. The molecule has 1 aliphatic rings. The van der Waals surface area contributed by atoms with Gasteiger partial charge in [0.05, 0.1) is 13.0 Å². The summed E-state index contributed by atoms with van der Waals surface area (Å²) >= 11 is 1.67. The van der Waals surface area contributed by atoms with Crippen molar-refractivity contribution in [1.82, 2.24) is 0 Å². The third-order valence-electron chi connectivity index (χ3n) is 1.30. The molecular weight excluding hydrogens is 110 g/mol. The Morgan fingerprint density at radius 3 is 2.57 bits per heavy atom. The molecule has 1 aliphatic heterocycles. The molecule has 2 nitrogen and oxygen atoms in total.